The summed E-state index contributed by atoms with van der Waals surface area (Å²) in [5.74, 6) is 0.876. The number of piperidine rings is 1. The van der Waals surface area contributed by atoms with Crippen molar-refractivity contribution in [3.63, 3.8) is 0 Å². The molecule has 6 heteroatoms. The highest BCUT2D eigenvalue weighted by atomic mass is 16.6. The van der Waals surface area contributed by atoms with Crippen LogP contribution in [0, 0.1) is 0 Å². The summed E-state index contributed by atoms with van der Waals surface area (Å²) in [6.07, 6.45) is 3.71. The highest BCUT2D eigenvalue weighted by molar-refractivity contribution is 5.90. The molecule has 3 heterocycles. The molecule has 1 amide bonds. The molecule has 0 radical (unpaired) electrons. The van der Waals surface area contributed by atoms with Crippen LogP contribution in [0.1, 0.15) is 18.4 Å². The molecule has 0 aliphatic carbocycles. The molecule has 3 aromatic rings. The van der Waals surface area contributed by atoms with Gasteiger partial charge in [0.15, 0.2) is 0 Å². The number of aryl methyl sites for hydroxylation is 1. The lowest BCUT2D eigenvalue weighted by Crippen LogP contribution is -2.46. The van der Waals surface area contributed by atoms with Crippen LogP contribution in [-0.4, -0.2) is 47.9 Å². The molecule has 2 aliphatic rings. The predicted molar refractivity (Wildman–Crippen MR) is 117 cm³/mol. The van der Waals surface area contributed by atoms with E-state index in [1.165, 1.54) is 16.5 Å². The fourth-order valence-corrected chi connectivity index (χ4v) is 4.75. The van der Waals surface area contributed by atoms with E-state index in [0.29, 0.717) is 6.54 Å². The van der Waals surface area contributed by atoms with Crippen LogP contribution in [0.15, 0.2) is 54.7 Å². The number of para-hydroxylation sites is 1. The van der Waals surface area contributed by atoms with Gasteiger partial charge in [-0.2, -0.15) is 0 Å². The minimum absolute atomic E-state index is 0.224. The first-order valence-corrected chi connectivity index (χ1v) is 10.5. The van der Waals surface area contributed by atoms with E-state index in [4.69, 9.17) is 9.47 Å². The fraction of sp³-hybridized carbons (Fsp3) is 0.375. The number of anilines is 1. The van der Waals surface area contributed by atoms with Crippen molar-refractivity contribution < 1.29 is 14.3 Å². The lowest BCUT2D eigenvalue weighted by Gasteiger charge is -2.37. The zero-order valence-electron chi connectivity index (χ0n) is 17.5. The van der Waals surface area contributed by atoms with Gasteiger partial charge in [-0.1, -0.05) is 18.2 Å². The number of hydrogen-bond donors (Lipinski definition) is 0. The summed E-state index contributed by atoms with van der Waals surface area (Å²) in [7, 11) is 3.77. The Labute approximate surface area is 176 Å². The third-order valence-electron chi connectivity index (χ3n) is 6.48. The Morgan fingerprint density at radius 1 is 1.10 bits per heavy atom. The number of benzene rings is 2. The minimum atomic E-state index is -0.366. The highest BCUT2D eigenvalue weighted by Crippen LogP contribution is 2.36. The third-order valence-corrected chi connectivity index (χ3v) is 6.48. The number of methoxy groups -OCH3 is 1. The van der Waals surface area contributed by atoms with Gasteiger partial charge in [-0.05, 0) is 29.8 Å². The SMILES string of the molecule is COc1ccc2c(CN3CCC4(CC3)CN(c3ccccc3)C(=O)O4)cn(C)c2c1. The first-order chi connectivity index (χ1) is 14.6. The summed E-state index contributed by atoms with van der Waals surface area (Å²) in [5.41, 5.74) is 3.05. The van der Waals surface area contributed by atoms with Crippen molar-refractivity contribution in [2.24, 2.45) is 7.05 Å². The van der Waals surface area contributed by atoms with Crippen molar-refractivity contribution >= 4 is 22.7 Å². The van der Waals surface area contributed by atoms with Gasteiger partial charge in [0.2, 0.25) is 0 Å². The number of ether oxygens (including phenoxy) is 2. The second-order valence-corrected chi connectivity index (χ2v) is 8.40. The van der Waals surface area contributed by atoms with E-state index in [0.717, 1.165) is 43.9 Å². The van der Waals surface area contributed by atoms with E-state index in [1.54, 1.807) is 12.0 Å². The molecule has 0 N–H and O–H groups in total. The molecule has 2 saturated heterocycles. The molecule has 6 nitrogen and oxygen atoms in total. The van der Waals surface area contributed by atoms with Gasteiger partial charge < -0.3 is 14.0 Å². The van der Waals surface area contributed by atoms with Gasteiger partial charge in [0.1, 0.15) is 11.4 Å². The van der Waals surface area contributed by atoms with Gasteiger partial charge in [0, 0.05) is 62.9 Å². The smallest absolute Gasteiger partial charge is 0.415 e. The molecular formula is C24H27N3O3. The van der Waals surface area contributed by atoms with Crippen molar-refractivity contribution in [1.82, 2.24) is 9.47 Å². The van der Waals surface area contributed by atoms with Crippen LogP contribution in [0.3, 0.4) is 0 Å². The van der Waals surface area contributed by atoms with Crippen LogP contribution >= 0.6 is 0 Å². The average Bonchev–Trinajstić information content (AvgIpc) is 3.26. The number of carbonyl (C=O) groups excluding carboxylic acids is 1. The van der Waals surface area contributed by atoms with Crippen LogP contribution in [-0.2, 0) is 18.3 Å². The largest absolute Gasteiger partial charge is 0.497 e. The number of amides is 1. The summed E-state index contributed by atoms with van der Waals surface area (Å²) in [5, 5.41) is 1.26. The summed E-state index contributed by atoms with van der Waals surface area (Å²) in [4.78, 5) is 16.7. The molecular weight excluding hydrogens is 378 g/mol. The van der Waals surface area contributed by atoms with Crippen molar-refractivity contribution in [2.45, 2.75) is 25.0 Å². The Kier molecular flexibility index (Phi) is 4.66. The summed E-state index contributed by atoms with van der Waals surface area (Å²) < 4.78 is 13.4. The second kappa shape index (κ2) is 7.36. The molecule has 156 valence electrons. The van der Waals surface area contributed by atoms with E-state index >= 15 is 0 Å². The molecule has 0 bridgehead atoms. The maximum absolute atomic E-state index is 12.5. The Bertz CT molecular complexity index is 1070. The maximum Gasteiger partial charge on any atom is 0.415 e. The highest BCUT2D eigenvalue weighted by Gasteiger charge is 2.47. The number of carbonyl (C=O) groups is 1. The minimum Gasteiger partial charge on any atom is -0.497 e. The number of fused-ring (bicyclic) bond motifs is 1. The van der Waals surface area contributed by atoms with Crippen LogP contribution in [0.2, 0.25) is 0 Å². The summed E-state index contributed by atoms with van der Waals surface area (Å²) >= 11 is 0. The average molecular weight is 405 g/mol. The van der Waals surface area contributed by atoms with Gasteiger partial charge in [0.05, 0.1) is 19.2 Å². The third kappa shape index (κ3) is 3.31. The lowest BCUT2D eigenvalue weighted by atomic mass is 9.91. The summed E-state index contributed by atoms with van der Waals surface area (Å²) in [6.45, 7) is 3.37. The lowest BCUT2D eigenvalue weighted by molar-refractivity contribution is -0.000888. The van der Waals surface area contributed by atoms with Gasteiger partial charge in [-0.15, -0.1) is 0 Å². The van der Waals surface area contributed by atoms with E-state index in [1.807, 2.05) is 36.4 Å². The van der Waals surface area contributed by atoms with Gasteiger partial charge in [0.25, 0.3) is 0 Å². The van der Waals surface area contributed by atoms with Crippen molar-refractivity contribution in [1.29, 1.82) is 0 Å². The monoisotopic (exact) mass is 405 g/mol. The predicted octanol–water partition coefficient (Wildman–Crippen LogP) is 4.18. The number of likely N-dealkylation sites (tertiary alicyclic amines) is 1. The van der Waals surface area contributed by atoms with E-state index in [-0.39, 0.29) is 11.7 Å². The normalized spacial score (nSPS) is 18.9. The molecule has 2 aromatic carbocycles. The molecule has 2 fully saturated rings. The van der Waals surface area contributed by atoms with Gasteiger partial charge in [-0.25, -0.2) is 4.79 Å². The van der Waals surface area contributed by atoms with Crippen LogP contribution < -0.4 is 9.64 Å². The number of rotatable bonds is 4. The van der Waals surface area contributed by atoms with Crippen molar-refractivity contribution in [3.8, 4) is 5.75 Å². The van der Waals surface area contributed by atoms with Crippen LogP contribution in [0.4, 0.5) is 10.5 Å². The topological polar surface area (TPSA) is 46.9 Å². The Balaban J connectivity index is 1.27. The summed E-state index contributed by atoms with van der Waals surface area (Å²) in [6, 6.07) is 16.0. The van der Waals surface area contributed by atoms with Gasteiger partial charge >= 0.3 is 6.09 Å². The molecule has 0 atom stereocenters. The van der Waals surface area contributed by atoms with Crippen molar-refractivity contribution in [3.05, 3.63) is 60.3 Å². The number of nitrogens with zero attached hydrogens (tertiary/aromatic N) is 3. The standard InChI is InChI=1S/C24H27N3O3/c1-25-15-18(21-9-8-20(29-2)14-22(21)25)16-26-12-10-24(11-13-26)17-27(23(28)30-24)19-6-4-3-5-7-19/h3-9,14-15H,10-13,16-17H2,1-2H3. The van der Waals surface area contributed by atoms with E-state index < -0.39 is 0 Å². The quantitative estimate of drug-likeness (QED) is 0.653. The molecule has 1 aromatic heterocycles. The van der Waals surface area contributed by atoms with Crippen LogP contribution in [0.25, 0.3) is 10.9 Å². The van der Waals surface area contributed by atoms with E-state index in [9.17, 15) is 4.79 Å². The number of hydrogen-bond acceptors (Lipinski definition) is 4. The maximum atomic E-state index is 12.5. The molecule has 0 saturated carbocycles. The zero-order chi connectivity index (χ0) is 20.7. The van der Waals surface area contributed by atoms with E-state index in [2.05, 4.69) is 34.8 Å². The molecule has 2 aliphatic heterocycles. The molecule has 1 spiro atoms. The molecule has 5 rings (SSSR count). The molecule has 30 heavy (non-hydrogen) atoms. The first kappa shape index (κ1) is 19.0. The second-order valence-electron chi connectivity index (χ2n) is 8.40. The van der Waals surface area contributed by atoms with Crippen LogP contribution in [0.5, 0.6) is 5.75 Å². The van der Waals surface area contributed by atoms with Gasteiger partial charge in [-0.3, -0.25) is 9.80 Å². The number of aromatic nitrogens is 1. The Morgan fingerprint density at radius 2 is 1.87 bits per heavy atom. The Morgan fingerprint density at radius 3 is 2.60 bits per heavy atom. The van der Waals surface area contributed by atoms with Crippen molar-refractivity contribution in [2.75, 3.05) is 31.6 Å². The Hall–Kier alpha value is -2.99. The first-order valence-electron chi connectivity index (χ1n) is 10.5. The molecule has 0 unspecified atom stereocenters. The fourth-order valence-electron chi connectivity index (χ4n) is 4.75. The zero-order valence-corrected chi connectivity index (χ0v) is 17.5.